The number of amides is 1. The second kappa shape index (κ2) is 10.7. The van der Waals surface area contributed by atoms with E-state index in [0.29, 0.717) is 34.8 Å². The summed E-state index contributed by atoms with van der Waals surface area (Å²) in [6, 6.07) is 23.2. The molecule has 1 atom stereocenters. The first-order valence-electron chi connectivity index (χ1n) is 11.4. The summed E-state index contributed by atoms with van der Waals surface area (Å²) in [7, 11) is 0. The summed E-state index contributed by atoms with van der Waals surface area (Å²) in [5.74, 6) is 1.66. The maximum atomic E-state index is 13.0. The van der Waals surface area contributed by atoms with Crippen molar-refractivity contribution < 1.29 is 14.3 Å². The van der Waals surface area contributed by atoms with E-state index in [9.17, 15) is 4.79 Å². The molecule has 0 unspecified atom stereocenters. The third-order valence-electron chi connectivity index (χ3n) is 5.60. The molecule has 36 heavy (non-hydrogen) atoms. The van der Waals surface area contributed by atoms with Crippen LogP contribution in [0.5, 0.6) is 11.6 Å². The number of carbonyl (C=O) groups excluding carboxylic acids is 1. The Morgan fingerprint density at radius 3 is 2.61 bits per heavy atom. The van der Waals surface area contributed by atoms with Crippen LogP contribution in [0.1, 0.15) is 31.2 Å². The van der Waals surface area contributed by atoms with Crippen LogP contribution in [-0.4, -0.2) is 26.8 Å². The number of rotatable bonds is 6. The van der Waals surface area contributed by atoms with Crippen LogP contribution in [0.4, 0.5) is 5.69 Å². The van der Waals surface area contributed by atoms with Crippen molar-refractivity contribution in [1.82, 2.24) is 15.2 Å². The van der Waals surface area contributed by atoms with Gasteiger partial charge in [0.15, 0.2) is 5.69 Å². The SMILES string of the molecule is CCSc1nnc2c(n1)O[C@@H](c1ccc(OCc3ccccc3)c(Br)c1)N(C(C)=O)c1ccccc1-2. The van der Waals surface area contributed by atoms with Gasteiger partial charge in [-0.05, 0) is 51.5 Å². The van der Waals surface area contributed by atoms with Gasteiger partial charge in [-0.3, -0.25) is 9.69 Å². The lowest BCUT2D eigenvalue weighted by Gasteiger charge is -2.30. The van der Waals surface area contributed by atoms with E-state index in [1.54, 1.807) is 4.90 Å². The Kier molecular flexibility index (Phi) is 7.20. The second-order valence-electron chi connectivity index (χ2n) is 8.02. The van der Waals surface area contributed by atoms with Crippen molar-refractivity contribution in [2.75, 3.05) is 10.7 Å². The molecule has 7 nitrogen and oxygen atoms in total. The van der Waals surface area contributed by atoms with E-state index in [0.717, 1.165) is 26.9 Å². The third-order valence-corrected chi connectivity index (χ3v) is 6.94. The molecule has 5 rings (SSSR count). The highest BCUT2D eigenvalue weighted by Crippen LogP contribution is 2.44. The van der Waals surface area contributed by atoms with Gasteiger partial charge in [-0.25, -0.2) is 0 Å². The van der Waals surface area contributed by atoms with Crippen molar-refractivity contribution >= 4 is 39.3 Å². The highest BCUT2D eigenvalue weighted by molar-refractivity contribution is 9.10. The van der Waals surface area contributed by atoms with E-state index in [1.165, 1.54) is 18.7 Å². The number of ether oxygens (including phenoxy) is 2. The summed E-state index contributed by atoms with van der Waals surface area (Å²) in [5, 5.41) is 9.20. The smallest absolute Gasteiger partial charge is 0.247 e. The third kappa shape index (κ3) is 4.94. The van der Waals surface area contributed by atoms with Crippen LogP contribution < -0.4 is 14.4 Å². The average Bonchev–Trinajstić information content (AvgIpc) is 3.03. The topological polar surface area (TPSA) is 77.4 Å². The van der Waals surface area contributed by atoms with Crippen LogP contribution in [-0.2, 0) is 11.4 Å². The molecule has 1 aliphatic heterocycles. The van der Waals surface area contributed by atoms with Crippen molar-refractivity contribution in [3.63, 3.8) is 0 Å². The molecule has 2 heterocycles. The number of thioether (sulfide) groups is 1. The van der Waals surface area contributed by atoms with Crippen LogP contribution >= 0.6 is 27.7 Å². The van der Waals surface area contributed by atoms with Gasteiger partial charge < -0.3 is 9.47 Å². The van der Waals surface area contributed by atoms with E-state index in [4.69, 9.17) is 9.47 Å². The lowest BCUT2D eigenvalue weighted by molar-refractivity contribution is -0.118. The fourth-order valence-corrected chi connectivity index (χ4v) is 5.00. The van der Waals surface area contributed by atoms with Crippen molar-refractivity contribution in [2.45, 2.75) is 31.8 Å². The molecular formula is C27H23BrN4O3S. The van der Waals surface area contributed by atoms with E-state index < -0.39 is 6.23 Å². The Labute approximate surface area is 222 Å². The fraction of sp³-hybridized carbons (Fsp3) is 0.185. The van der Waals surface area contributed by atoms with Crippen LogP contribution in [0.15, 0.2) is 82.4 Å². The first kappa shape index (κ1) is 24.3. The minimum atomic E-state index is -0.763. The van der Waals surface area contributed by atoms with E-state index >= 15 is 0 Å². The van der Waals surface area contributed by atoms with Crippen molar-refractivity contribution in [2.24, 2.45) is 0 Å². The predicted octanol–water partition coefficient (Wildman–Crippen LogP) is 6.44. The summed E-state index contributed by atoms with van der Waals surface area (Å²) in [4.78, 5) is 19.2. The Bertz CT molecular complexity index is 1400. The van der Waals surface area contributed by atoms with E-state index in [1.807, 2.05) is 79.7 Å². The van der Waals surface area contributed by atoms with E-state index in [2.05, 4.69) is 31.1 Å². The van der Waals surface area contributed by atoms with Gasteiger partial charge in [0.1, 0.15) is 12.4 Å². The molecular weight excluding hydrogens is 540 g/mol. The Morgan fingerprint density at radius 1 is 1.08 bits per heavy atom. The van der Waals surface area contributed by atoms with Crippen molar-refractivity contribution in [3.8, 4) is 22.9 Å². The van der Waals surface area contributed by atoms with Crippen LogP contribution in [0.25, 0.3) is 11.3 Å². The van der Waals surface area contributed by atoms with Gasteiger partial charge in [0.05, 0.1) is 10.2 Å². The number of anilines is 1. The zero-order valence-electron chi connectivity index (χ0n) is 19.7. The van der Waals surface area contributed by atoms with Crippen molar-refractivity contribution in [1.29, 1.82) is 0 Å². The molecule has 1 aliphatic rings. The standard InChI is InChI=1S/C27H23BrN4O3S/c1-3-36-27-29-25-24(30-31-27)20-11-7-8-12-22(20)32(17(2)33)26(35-25)19-13-14-23(21(28)15-19)34-16-18-9-5-4-6-10-18/h4-15,26H,3,16H2,1-2H3/t26-/m0/s1. The number of benzene rings is 3. The minimum Gasteiger partial charge on any atom is -0.488 e. The molecule has 3 aromatic carbocycles. The zero-order chi connectivity index (χ0) is 25.1. The first-order valence-corrected chi connectivity index (χ1v) is 13.2. The number of aromatic nitrogens is 3. The van der Waals surface area contributed by atoms with Crippen LogP contribution in [0, 0.1) is 0 Å². The largest absolute Gasteiger partial charge is 0.488 e. The molecule has 4 aromatic rings. The van der Waals surface area contributed by atoms with E-state index in [-0.39, 0.29) is 5.91 Å². The Balaban J connectivity index is 1.54. The van der Waals surface area contributed by atoms with Gasteiger partial charge >= 0.3 is 0 Å². The number of fused-ring (bicyclic) bond motifs is 3. The molecule has 1 aromatic heterocycles. The minimum absolute atomic E-state index is 0.170. The van der Waals surface area contributed by atoms with Gasteiger partial charge in [-0.15, -0.1) is 10.2 Å². The maximum Gasteiger partial charge on any atom is 0.247 e. The summed E-state index contributed by atoms with van der Waals surface area (Å²) >= 11 is 5.11. The number of para-hydroxylation sites is 1. The second-order valence-corrected chi connectivity index (χ2v) is 10.1. The summed E-state index contributed by atoms with van der Waals surface area (Å²) < 4.78 is 13.2. The summed E-state index contributed by atoms with van der Waals surface area (Å²) in [6.45, 7) is 3.99. The monoisotopic (exact) mass is 562 g/mol. The maximum absolute atomic E-state index is 13.0. The Morgan fingerprint density at radius 2 is 1.86 bits per heavy atom. The highest BCUT2D eigenvalue weighted by atomic mass is 79.9. The molecule has 0 bridgehead atoms. The Hall–Kier alpha value is -3.43. The molecule has 0 fully saturated rings. The number of carbonyl (C=O) groups is 1. The molecule has 0 N–H and O–H groups in total. The van der Waals surface area contributed by atoms with Crippen LogP contribution in [0.3, 0.4) is 0 Å². The number of hydrogen-bond donors (Lipinski definition) is 0. The molecule has 0 spiro atoms. The fourth-order valence-electron chi connectivity index (χ4n) is 3.98. The summed E-state index contributed by atoms with van der Waals surface area (Å²) in [5.41, 5.74) is 3.75. The van der Waals surface area contributed by atoms with Crippen LogP contribution in [0.2, 0.25) is 0 Å². The molecule has 182 valence electrons. The molecule has 0 aliphatic carbocycles. The van der Waals surface area contributed by atoms with Gasteiger partial charge in [0.25, 0.3) is 0 Å². The van der Waals surface area contributed by atoms with Gasteiger partial charge in [0, 0.05) is 18.1 Å². The predicted molar refractivity (Wildman–Crippen MR) is 143 cm³/mol. The normalized spacial score (nSPS) is 14.3. The molecule has 0 radical (unpaired) electrons. The zero-order valence-corrected chi connectivity index (χ0v) is 22.1. The average molecular weight is 563 g/mol. The lowest BCUT2D eigenvalue weighted by Crippen LogP contribution is -2.36. The quantitative estimate of drug-likeness (QED) is 0.250. The molecule has 9 heteroatoms. The highest BCUT2D eigenvalue weighted by Gasteiger charge is 2.34. The molecule has 0 saturated carbocycles. The van der Waals surface area contributed by atoms with Gasteiger partial charge in [0.2, 0.25) is 23.2 Å². The van der Waals surface area contributed by atoms with Crippen molar-refractivity contribution in [3.05, 3.63) is 88.4 Å². The van der Waals surface area contributed by atoms with Gasteiger partial charge in [-0.2, -0.15) is 4.98 Å². The molecule has 1 amide bonds. The number of nitrogens with zero attached hydrogens (tertiary/aromatic N) is 4. The number of hydrogen-bond acceptors (Lipinski definition) is 7. The van der Waals surface area contributed by atoms with Gasteiger partial charge in [-0.1, -0.05) is 67.2 Å². The summed E-state index contributed by atoms with van der Waals surface area (Å²) in [6.07, 6.45) is -0.763. The number of halogens is 1. The molecule has 0 saturated heterocycles. The lowest BCUT2D eigenvalue weighted by atomic mass is 10.1. The first-order chi connectivity index (χ1) is 17.5.